The number of ether oxygens (including phenoxy) is 1. The Balaban J connectivity index is 2.11. The molecule has 0 unspecified atom stereocenters. The molecule has 3 nitrogen and oxygen atoms in total. The summed E-state index contributed by atoms with van der Waals surface area (Å²) in [5.74, 6) is 0. The summed E-state index contributed by atoms with van der Waals surface area (Å²) in [5, 5.41) is 0.982. The van der Waals surface area contributed by atoms with Gasteiger partial charge in [0.05, 0.1) is 5.52 Å². The van der Waals surface area contributed by atoms with Crippen LogP contribution in [0.3, 0.4) is 0 Å². The van der Waals surface area contributed by atoms with Crippen LogP contribution in [0.1, 0.15) is 20.8 Å². The van der Waals surface area contributed by atoms with Gasteiger partial charge in [-0.1, -0.05) is 42.5 Å². The number of hydrogen-bond donors (Lipinski definition) is 0. The predicted octanol–water partition coefficient (Wildman–Crippen LogP) is 5.85. The third kappa shape index (κ3) is 3.32. The zero-order valence-corrected chi connectivity index (χ0v) is 14.9. The van der Waals surface area contributed by atoms with Gasteiger partial charge in [-0.05, 0) is 53.9 Å². The molecule has 3 aromatic rings. The van der Waals surface area contributed by atoms with Gasteiger partial charge in [0.1, 0.15) is 5.60 Å². The number of hydrogen-bond acceptors (Lipinski definition) is 2. The van der Waals surface area contributed by atoms with Crippen LogP contribution in [0.5, 0.6) is 0 Å². The second kappa shape index (κ2) is 5.85. The molecule has 0 aliphatic heterocycles. The minimum absolute atomic E-state index is 0.376. The average molecular weight is 372 g/mol. The Labute approximate surface area is 144 Å². The summed E-state index contributed by atoms with van der Waals surface area (Å²) in [7, 11) is 0. The molecule has 118 valence electrons. The summed E-state index contributed by atoms with van der Waals surface area (Å²) in [6.07, 6.45) is 1.38. The van der Waals surface area contributed by atoms with Gasteiger partial charge in [0.15, 0.2) is 0 Å². The van der Waals surface area contributed by atoms with Gasteiger partial charge in [-0.2, -0.15) is 0 Å². The molecule has 0 spiro atoms. The lowest BCUT2D eigenvalue weighted by atomic mass is 10.0. The fourth-order valence-corrected chi connectivity index (χ4v) is 3.00. The molecular formula is C19H18BrNO2. The van der Waals surface area contributed by atoms with E-state index in [0.717, 1.165) is 26.5 Å². The molecule has 0 aliphatic carbocycles. The van der Waals surface area contributed by atoms with E-state index in [-0.39, 0.29) is 6.09 Å². The van der Waals surface area contributed by atoms with E-state index in [4.69, 9.17) is 4.74 Å². The zero-order chi connectivity index (χ0) is 16.6. The van der Waals surface area contributed by atoms with Crippen molar-refractivity contribution in [3.8, 4) is 11.1 Å². The Kier molecular flexibility index (Phi) is 4.02. The Morgan fingerprint density at radius 2 is 1.74 bits per heavy atom. The third-order valence-corrected chi connectivity index (χ3v) is 4.09. The lowest BCUT2D eigenvalue weighted by Crippen LogP contribution is -2.26. The van der Waals surface area contributed by atoms with E-state index in [1.807, 2.05) is 51.1 Å². The lowest BCUT2D eigenvalue weighted by molar-refractivity contribution is 0.0544. The third-order valence-electron chi connectivity index (χ3n) is 3.45. The van der Waals surface area contributed by atoms with E-state index in [2.05, 4.69) is 34.1 Å². The van der Waals surface area contributed by atoms with Crippen LogP contribution in [0.4, 0.5) is 4.79 Å². The van der Waals surface area contributed by atoms with Crippen molar-refractivity contribution in [2.45, 2.75) is 26.4 Å². The number of fused-ring (bicyclic) bond motifs is 1. The quantitative estimate of drug-likeness (QED) is 0.536. The smallest absolute Gasteiger partial charge is 0.419 e. The zero-order valence-electron chi connectivity index (χ0n) is 13.3. The number of halogens is 1. The molecule has 3 rings (SSSR count). The normalized spacial score (nSPS) is 11.7. The van der Waals surface area contributed by atoms with Gasteiger partial charge in [-0.3, -0.25) is 4.57 Å². The minimum Gasteiger partial charge on any atom is -0.443 e. The van der Waals surface area contributed by atoms with Gasteiger partial charge in [0.25, 0.3) is 0 Å². The van der Waals surface area contributed by atoms with Crippen LogP contribution in [0.25, 0.3) is 22.0 Å². The molecule has 0 N–H and O–H groups in total. The molecule has 0 atom stereocenters. The Bertz CT molecular complexity index is 860. The molecule has 0 saturated heterocycles. The van der Waals surface area contributed by atoms with E-state index < -0.39 is 5.60 Å². The standard InChI is InChI=1S/C19H18BrNO2/c1-19(2,3)23-18(22)21-12-16(20)15-10-9-14(11-17(15)21)13-7-5-4-6-8-13/h4-12H,1-3H3. The summed E-state index contributed by atoms with van der Waals surface area (Å²) >= 11 is 3.52. The van der Waals surface area contributed by atoms with Gasteiger partial charge in [0, 0.05) is 16.1 Å². The molecule has 0 radical (unpaired) electrons. The van der Waals surface area contributed by atoms with Crippen LogP contribution < -0.4 is 0 Å². The molecule has 2 aromatic carbocycles. The van der Waals surface area contributed by atoms with Crippen LogP contribution in [-0.4, -0.2) is 16.3 Å². The van der Waals surface area contributed by atoms with E-state index in [1.54, 1.807) is 10.8 Å². The highest BCUT2D eigenvalue weighted by Crippen LogP contribution is 2.31. The van der Waals surface area contributed by atoms with Crippen molar-refractivity contribution < 1.29 is 9.53 Å². The molecule has 0 amide bonds. The van der Waals surface area contributed by atoms with Crippen molar-refractivity contribution in [2.75, 3.05) is 0 Å². The molecule has 4 heteroatoms. The molecule has 0 saturated carbocycles. The first-order chi connectivity index (χ1) is 10.8. The topological polar surface area (TPSA) is 31.2 Å². The van der Waals surface area contributed by atoms with Crippen molar-refractivity contribution in [3.63, 3.8) is 0 Å². The molecular weight excluding hydrogens is 354 g/mol. The highest BCUT2D eigenvalue weighted by atomic mass is 79.9. The molecule has 23 heavy (non-hydrogen) atoms. The van der Waals surface area contributed by atoms with Crippen molar-refractivity contribution in [2.24, 2.45) is 0 Å². The van der Waals surface area contributed by atoms with Gasteiger partial charge >= 0.3 is 6.09 Å². The van der Waals surface area contributed by atoms with Crippen molar-refractivity contribution >= 4 is 32.9 Å². The largest absolute Gasteiger partial charge is 0.443 e. The van der Waals surface area contributed by atoms with Crippen LogP contribution in [-0.2, 0) is 4.74 Å². The predicted molar refractivity (Wildman–Crippen MR) is 96.7 cm³/mol. The molecule has 1 heterocycles. The Morgan fingerprint density at radius 3 is 2.39 bits per heavy atom. The molecule has 0 aliphatic rings. The SMILES string of the molecule is CC(C)(C)OC(=O)n1cc(Br)c2ccc(-c3ccccc3)cc21. The van der Waals surface area contributed by atoms with Gasteiger partial charge in [-0.15, -0.1) is 0 Å². The second-order valence-electron chi connectivity index (χ2n) is 6.43. The highest BCUT2D eigenvalue weighted by molar-refractivity contribution is 9.10. The van der Waals surface area contributed by atoms with Crippen LogP contribution >= 0.6 is 15.9 Å². The fraction of sp³-hybridized carbons (Fsp3) is 0.211. The number of benzene rings is 2. The van der Waals surface area contributed by atoms with E-state index in [0.29, 0.717) is 0 Å². The lowest BCUT2D eigenvalue weighted by Gasteiger charge is -2.19. The minimum atomic E-state index is -0.531. The first-order valence-electron chi connectivity index (χ1n) is 7.44. The fourth-order valence-electron chi connectivity index (χ4n) is 2.46. The number of rotatable bonds is 1. The summed E-state index contributed by atoms with van der Waals surface area (Å²) in [6, 6.07) is 16.2. The maximum atomic E-state index is 12.5. The molecule has 1 aromatic heterocycles. The number of nitrogens with zero attached hydrogens (tertiary/aromatic N) is 1. The summed E-state index contributed by atoms with van der Waals surface area (Å²) in [6.45, 7) is 5.59. The summed E-state index contributed by atoms with van der Waals surface area (Å²) in [4.78, 5) is 12.5. The van der Waals surface area contributed by atoms with Crippen LogP contribution in [0, 0.1) is 0 Å². The van der Waals surface area contributed by atoms with E-state index >= 15 is 0 Å². The van der Waals surface area contributed by atoms with E-state index in [9.17, 15) is 4.79 Å². The average Bonchev–Trinajstić information content (AvgIpc) is 2.83. The van der Waals surface area contributed by atoms with Gasteiger partial charge in [-0.25, -0.2) is 4.79 Å². The maximum absolute atomic E-state index is 12.5. The number of carbonyl (C=O) groups excluding carboxylic acids is 1. The van der Waals surface area contributed by atoms with Gasteiger partial charge < -0.3 is 4.74 Å². The monoisotopic (exact) mass is 371 g/mol. The first kappa shape index (κ1) is 15.8. The van der Waals surface area contributed by atoms with Crippen LogP contribution in [0.2, 0.25) is 0 Å². The van der Waals surface area contributed by atoms with Crippen molar-refractivity contribution in [1.29, 1.82) is 0 Å². The summed E-state index contributed by atoms with van der Waals surface area (Å²) in [5.41, 5.74) is 2.47. The van der Waals surface area contributed by atoms with Crippen LogP contribution in [0.15, 0.2) is 59.2 Å². The highest BCUT2D eigenvalue weighted by Gasteiger charge is 2.20. The Morgan fingerprint density at radius 1 is 1.04 bits per heavy atom. The second-order valence-corrected chi connectivity index (χ2v) is 7.28. The molecule has 0 bridgehead atoms. The van der Waals surface area contributed by atoms with E-state index in [1.165, 1.54) is 0 Å². The first-order valence-corrected chi connectivity index (χ1v) is 8.24. The summed E-state index contributed by atoms with van der Waals surface area (Å²) < 4.78 is 7.92. The van der Waals surface area contributed by atoms with Crippen molar-refractivity contribution in [1.82, 2.24) is 4.57 Å². The van der Waals surface area contributed by atoms with Gasteiger partial charge in [0.2, 0.25) is 0 Å². The molecule has 0 fully saturated rings. The maximum Gasteiger partial charge on any atom is 0.419 e. The number of carbonyl (C=O) groups is 1. The number of aromatic nitrogens is 1. The van der Waals surface area contributed by atoms with Crippen molar-refractivity contribution in [3.05, 3.63) is 59.2 Å². The Hall–Kier alpha value is -2.07.